The van der Waals surface area contributed by atoms with Gasteiger partial charge in [-0.15, -0.1) is 0 Å². The molecule has 4 nitrogen and oxygen atoms in total. The van der Waals surface area contributed by atoms with Crippen LogP contribution in [-0.2, 0) is 9.84 Å². The molecular formula is C5H13NO3S. The Bertz CT molecular complexity index is 164. The van der Waals surface area contributed by atoms with E-state index in [4.69, 9.17) is 5.11 Å². The van der Waals surface area contributed by atoms with Crippen molar-refractivity contribution >= 4 is 9.84 Å². The molecule has 62 valence electrons. The fourth-order valence-electron chi connectivity index (χ4n) is 0.462. The van der Waals surface area contributed by atoms with Crippen LogP contribution in [0.15, 0.2) is 0 Å². The number of aliphatic hydroxyl groups is 1. The van der Waals surface area contributed by atoms with Crippen LogP contribution in [0.2, 0.25) is 0 Å². The summed E-state index contributed by atoms with van der Waals surface area (Å²) in [5.74, 6) is 0.132. The molecule has 0 radical (unpaired) electrons. The Morgan fingerprint density at radius 1 is 1.40 bits per heavy atom. The molecule has 0 saturated carbocycles. The topological polar surface area (TPSA) is 66.4 Å². The first-order valence-electron chi connectivity index (χ1n) is 3.05. The maximum atomic E-state index is 10.5. The van der Waals surface area contributed by atoms with Crippen LogP contribution in [0.25, 0.3) is 0 Å². The molecule has 0 aromatic heterocycles. The number of sulfone groups is 1. The largest absolute Gasteiger partial charge is 0.395 e. The first kappa shape index (κ1) is 9.87. The highest BCUT2D eigenvalue weighted by atomic mass is 32.2. The molecule has 0 aromatic carbocycles. The van der Waals surface area contributed by atoms with Gasteiger partial charge in [0.25, 0.3) is 0 Å². The molecule has 10 heavy (non-hydrogen) atoms. The zero-order valence-corrected chi connectivity index (χ0v) is 6.82. The van der Waals surface area contributed by atoms with Crippen LogP contribution in [0.1, 0.15) is 0 Å². The van der Waals surface area contributed by atoms with Crippen LogP contribution in [-0.4, -0.2) is 45.2 Å². The summed E-state index contributed by atoms with van der Waals surface area (Å²) in [4.78, 5) is 0. The third-order valence-electron chi connectivity index (χ3n) is 0.938. The summed E-state index contributed by atoms with van der Waals surface area (Å²) < 4.78 is 21.0. The van der Waals surface area contributed by atoms with Crippen LogP contribution in [0.3, 0.4) is 0 Å². The lowest BCUT2D eigenvalue weighted by atomic mass is 10.6. The highest BCUT2D eigenvalue weighted by Gasteiger charge is 1.98. The van der Waals surface area contributed by atoms with Crippen molar-refractivity contribution in [3.05, 3.63) is 0 Å². The number of aliphatic hydroxyl groups excluding tert-OH is 1. The van der Waals surface area contributed by atoms with Crippen LogP contribution < -0.4 is 5.32 Å². The van der Waals surface area contributed by atoms with E-state index >= 15 is 0 Å². The Balaban J connectivity index is 3.21. The monoisotopic (exact) mass is 167 g/mol. The summed E-state index contributed by atoms with van der Waals surface area (Å²) in [6.07, 6.45) is 1.19. The van der Waals surface area contributed by atoms with E-state index in [9.17, 15) is 8.42 Å². The third-order valence-corrected chi connectivity index (χ3v) is 1.88. The predicted molar refractivity (Wildman–Crippen MR) is 39.7 cm³/mol. The summed E-state index contributed by atoms with van der Waals surface area (Å²) in [5, 5.41) is 11.0. The second-order valence-electron chi connectivity index (χ2n) is 2.10. The molecule has 0 aliphatic carbocycles. The summed E-state index contributed by atoms with van der Waals surface area (Å²) in [6, 6.07) is 0. The molecule has 0 aromatic rings. The van der Waals surface area contributed by atoms with Crippen molar-refractivity contribution in [2.75, 3.05) is 31.7 Å². The standard InChI is InChI=1S/C5H13NO3S/c1-10(8,9)5-3-6-2-4-7/h6-7H,2-5H2,1H3. The van der Waals surface area contributed by atoms with Crippen molar-refractivity contribution in [3.8, 4) is 0 Å². The predicted octanol–water partition coefficient (Wildman–Crippen LogP) is -1.39. The van der Waals surface area contributed by atoms with E-state index in [-0.39, 0.29) is 12.4 Å². The van der Waals surface area contributed by atoms with Crippen molar-refractivity contribution < 1.29 is 13.5 Å². The van der Waals surface area contributed by atoms with Gasteiger partial charge in [0.1, 0.15) is 9.84 Å². The number of rotatable bonds is 5. The van der Waals surface area contributed by atoms with Gasteiger partial charge in [0.05, 0.1) is 12.4 Å². The second-order valence-corrected chi connectivity index (χ2v) is 4.36. The van der Waals surface area contributed by atoms with Crippen LogP contribution in [0, 0.1) is 0 Å². The Kier molecular flexibility index (Phi) is 4.59. The molecule has 0 unspecified atom stereocenters. The normalized spacial score (nSPS) is 11.8. The number of hydrogen-bond acceptors (Lipinski definition) is 4. The maximum absolute atomic E-state index is 10.5. The molecule has 0 amide bonds. The molecule has 0 rings (SSSR count). The minimum absolute atomic E-state index is 0.0454. The van der Waals surface area contributed by atoms with E-state index in [1.165, 1.54) is 6.26 Å². The van der Waals surface area contributed by atoms with Crippen molar-refractivity contribution in [1.82, 2.24) is 5.32 Å². The van der Waals surface area contributed by atoms with Crippen molar-refractivity contribution in [1.29, 1.82) is 0 Å². The lowest BCUT2D eigenvalue weighted by molar-refractivity contribution is 0.293. The lowest BCUT2D eigenvalue weighted by Gasteiger charge is -1.99. The highest BCUT2D eigenvalue weighted by molar-refractivity contribution is 7.90. The van der Waals surface area contributed by atoms with Gasteiger partial charge in [0.15, 0.2) is 0 Å². The molecule has 5 heteroatoms. The van der Waals surface area contributed by atoms with Crippen LogP contribution >= 0.6 is 0 Å². The van der Waals surface area contributed by atoms with Crippen molar-refractivity contribution in [2.45, 2.75) is 0 Å². The summed E-state index contributed by atoms with van der Waals surface area (Å²) in [6.45, 7) is 0.915. The van der Waals surface area contributed by atoms with E-state index in [2.05, 4.69) is 5.32 Å². The summed E-state index contributed by atoms with van der Waals surface area (Å²) >= 11 is 0. The molecule has 2 N–H and O–H groups in total. The zero-order chi connectivity index (χ0) is 8.04. The van der Waals surface area contributed by atoms with Gasteiger partial charge >= 0.3 is 0 Å². The van der Waals surface area contributed by atoms with Gasteiger partial charge < -0.3 is 10.4 Å². The number of nitrogens with one attached hydrogen (secondary N) is 1. The van der Waals surface area contributed by atoms with Gasteiger partial charge in [0, 0.05) is 19.3 Å². The smallest absolute Gasteiger partial charge is 0.148 e. The zero-order valence-electron chi connectivity index (χ0n) is 6.00. The van der Waals surface area contributed by atoms with Gasteiger partial charge in [-0.25, -0.2) is 8.42 Å². The molecule has 0 aliphatic heterocycles. The molecule has 0 atom stereocenters. The Morgan fingerprint density at radius 3 is 2.40 bits per heavy atom. The second kappa shape index (κ2) is 4.65. The fourth-order valence-corrected chi connectivity index (χ4v) is 0.977. The van der Waals surface area contributed by atoms with Crippen LogP contribution in [0.5, 0.6) is 0 Å². The van der Waals surface area contributed by atoms with E-state index in [0.717, 1.165) is 0 Å². The number of hydrogen-bond donors (Lipinski definition) is 2. The minimum atomic E-state index is -2.85. The van der Waals surface area contributed by atoms with Gasteiger partial charge in [-0.3, -0.25) is 0 Å². The molecule has 0 spiro atoms. The summed E-state index contributed by atoms with van der Waals surface area (Å²) in [7, 11) is -2.85. The molecule has 0 bridgehead atoms. The molecule has 0 saturated heterocycles. The maximum Gasteiger partial charge on any atom is 0.148 e. The fraction of sp³-hybridized carbons (Fsp3) is 1.00. The summed E-state index contributed by atoms with van der Waals surface area (Å²) in [5.41, 5.74) is 0. The van der Waals surface area contributed by atoms with Crippen molar-refractivity contribution in [3.63, 3.8) is 0 Å². The Labute approximate surface area is 61.2 Å². The molecule has 0 heterocycles. The molecule has 0 fully saturated rings. The van der Waals surface area contributed by atoms with E-state index < -0.39 is 9.84 Å². The minimum Gasteiger partial charge on any atom is -0.395 e. The molecular weight excluding hydrogens is 154 g/mol. The average Bonchev–Trinajstić information content (AvgIpc) is 1.78. The van der Waals surface area contributed by atoms with E-state index in [1.807, 2.05) is 0 Å². The highest BCUT2D eigenvalue weighted by Crippen LogP contribution is 1.78. The Hall–Kier alpha value is -0.130. The molecule has 0 aliphatic rings. The first-order chi connectivity index (χ1) is 4.56. The quantitative estimate of drug-likeness (QED) is 0.495. The SMILES string of the molecule is CS(=O)(=O)CCNCCO. The van der Waals surface area contributed by atoms with Crippen molar-refractivity contribution in [2.24, 2.45) is 0 Å². The average molecular weight is 167 g/mol. The third kappa shape index (κ3) is 7.87. The van der Waals surface area contributed by atoms with Gasteiger partial charge in [0.2, 0.25) is 0 Å². The first-order valence-corrected chi connectivity index (χ1v) is 5.11. The van der Waals surface area contributed by atoms with E-state index in [1.54, 1.807) is 0 Å². The van der Waals surface area contributed by atoms with E-state index in [0.29, 0.717) is 13.1 Å². The van der Waals surface area contributed by atoms with Crippen LogP contribution in [0.4, 0.5) is 0 Å². The van der Waals surface area contributed by atoms with Gasteiger partial charge in [-0.1, -0.05) is 0 Å². The lowest BCUT2D eigenvalue weighted by Crippen LogP contribution is -2.24. The Morgan fingerprint density at radius 2 is 2.00 bits per heavy atom. The van der Waals surface area contributed by atoms with Gasteiger partial charge in [-0.2, -0.15) is 0 Å². The van der Waals surface area contributed by atoms with Gasteiger partial charge in [-0.05, 0) is 0 Å².